The third kappa shape index (κ3) is 9.04. The number of ether oxygens (including phenoxy) is 3. The molecule has 3 rings (SSSR count). The van der Waals surface area contributed by atoms with Crippen LogP contribution in [0.25, 0.3) is 0 Å². The van der Waals surface area contributed by atoms with Crippen molar-refractivity contribution in [2.45, 2.75) is 88.8 Å². The van der Waals surface area contributed by atoms with Gasteiger partial charge in [0.05, 0.1) is 53.3 Å². The third-order valence-electron chi connectivity index (χ3n) is 7.65. The Kier molecular flexibility index (Phi) is 12.2. The van der Waals surface area contributed by atoms with E-state index in [2.05, 4.69) is 15.0 Å². The number of aliphatic hydroxyl groups is 2. The first-order valence-electron chi connectivity index (χ1n) is 14.8. The highest BCUT2D eigenvalue weighted by atomic mass is 35.5. The van der Waals surface area contributed by atoms with Gasteiger partial charge in [0.2, 0.25) is 11.5 Å². The summed E-state index contributed by atoms with van der Waals surface area (Å²) < 4.78 is 76.7. The van der Waals surface area contributed by atoms with E-state index in [0.29, 0.717) is 16.2 Å². The molecule has 0 aliphatic carbocycles. The molecule has 2 heterocycles. The van der Waals surface area contributed by atoms with E-state index in [9.17, 15) is 32.4 Å². The maximum atomic E-state index is 14.8. The number of carbonyl (C=O) groups excluding carboxylic acids is 1. The van der Waals surface area contributed by atoms with Crippen LogP contribution in [0.1, 0.15) is 60.1 Å². The number of aliphatic imine (C=N–C) groups is 1. The Labute approximate surface area is 280 Å². The molecule has 4 N–H and O–H groups in total. The summed E-state index contributed by atoms with van der Waals surface area (Å²) in [5, 5.41) is 23.4. The molecule has 2 aliphatic rings. The summed E-state index contributed by atoms with van der Waals surface area (Å²) in [6.07, 6.45) is -4.51. The number of allylic oxidation sites excluding steroid dienone is 2. The lowest BCUT2D eigenvalue weighted by Crippen LogP contribution is -2.60. The van der Waals surface area contributed by atoms with Gasteiger partial charge in [0, 0.05) is 10.6 Å². The Bertz CT molecular complexity index is 1470. The molecule has 47 heavy (non-hydrogen) atoms. The van der Waals surface area contributed by atoms with Gasteiger partial charge in [-0.05, 0) is 83.9 Å². The third-order valence-corrected chi connectivity index (χ3v) is 9.65. The zero-order chi connectivity index (χ0) is 35.5. The van der Waals surface area contributed by atoms with Crippen LogP contribution in [0, 0.1) is 0 Å². The zero-order valence-corrected chi connectivity index (χ0v) is 29.2. The molecule has 6 atom stereocenters. The van der Waals surface area contributed by atoms with Crippen molar-refractivity contribution in [2.24, 2.45) is 4.99 Å². The number of hydrogen-bond acceptors (Lipinski definition) is 8. The number of halogens is 4. The van der Waals surface area contributed by atoms with Gasteiger partial charge in [-0.25, -0.2) is 8.93 Å². The highest BCUT2D eigenvalue weighted by Gasteiger charge is 2.59. The summed E-state index contributed by atoms with van der Waals surface area (Å²) >= 11 is 6.07. The van der Waals surface area contributed by atoms with Gasteiger partial charge in [0.1, 0.15) is 24.5 Å². The van der Waals surface area contributed by atoms with Crippen molar-refractivity contribution < 1.29 is 46.6 Å². The van der Waals surface area contributed by atoms with Gasteiger partial charge in [-0.1, -0.05) is 23.7 Å². The minimum Gasteiger partial charge on any atom is -0.493 e. The van der Waals surface area contributed by atoms with Gasteiger partial charge < -0.3 is 29.7 Å². The molecule has 2 aliphatic heterocycles. The zero-order valence-electron chi connectivity index (χ0n) is 27.6. The summed E-state index contributed by atoms with van der Waals surface area (Å²) in [6.45, 7) is 9.99. The molecule has 1 aromatic rings. The minimum atomic E-state index is -5.29. The van der Waals surface area contributed by atoms with Crippen molar-refractivity contribution in [1.29, 1.82) is 0 Å². The molecule has 1 saturated heterocycles. The number of methoxy groups -OCH3 is 1. The molecule has 1 fully saturated rings. The van der Waals surface area contributed by atoms with E-state index < -0.39 is 69.5 Å². The first kappa shape index (κ1) is 38.7. The Hall–Kier alpha value is -2.75. The highest BCUT2D eigenvalue weighted by Crippen LogP contribution is 2.45. The summed E-state index contributed by atoms with van der Waals surface area (Å²) in [7, 11) is -0.310. The van der Waals surface area contributed by atoms with Crippen LogP contribution in [0.4, 0.5) is 13.2 Å². The van der Waals surface area contributed by atoms with Crippen molar-refractivity contribution in [3.8, 4) is 0 Å². The Morgan fingerprint density at radius 3 is 2.40 bits per heavy atom. The molecule has 0 bridgehead atoms. The fraction of sp³-hybridized carbons (Fsp3) is 0.562. The molecule has 0 saturated carbocycles. The molecule has 0 radical (unpaired) electrons. The second-order valence-corrected chi connectivity index (χ2v) is 15.2. The molecule has 15 heteroatoms. The maximum absolute atomic E-state index is 14.8. The van der Waals surface area contributed by atoms with Crippen LogP contribution in [0.15, 0.2) is 64.1 Å². The van der Waals surface area contributed by atoms with E-state index in [-0.39, 0.29) is 30.3 Å². The predicted octanol–water partition coefficient (Wildman–Crippen LogP) is 4.60. The van der Waals surface area contributed by atoms with Gasteiger partial charge in [0.25, 0.3) is 0 Å². The minimum absolute atomic E-state index is 0.0287. The van der Waals surface area contributed by atoms with E-state index in [1.54, 1.807) is 52.0 Å². The SMILES string of the molecule is COC(C=C(C)C(=O)NCC(O)(C1=NC(c2ccc(Cl)cc2)C2OCC(C)(NS(=O)C(C)(C)C)C2=C1)C(F)(F)F)=C(C)OCC(C)O. The fourth-order valence-corrected chi connectivity index (χ4v) is 5.81. The van der Waals surface area contributed by atoms with Gasteiger partial charge in [0.15, 0.2) is 5.76 Å². The number of benzene rings is 1. The number of nitrogens with zero attached hydrogens (tertiary/aromatic N) is 1. The second kappa shape index (κ2) is 14.8. The largest absolute Gasteiger partial charge is 0.493 e. The molecule has 0 spiro atoms. The lowest BCUT2D eigenvalue weighted by atomic mass is 9.81. The molecule has 10 nitrogen and oxygen atoms in total. The van der Waals surface area contributed by atoms with E-state index >= 15 is 0 Å². The predicted molar refractivity (Wildman–Crippen MR) is 174 cm³/mol. The van der Waals surface area contributed by atoms with Crippen molar-refractivity contribution in [3.05, 3.63) is 69.7 Å². The summed E-state index contributed by atoms with van der Waals surface area (Å²) in [6, 6.07) is 5.31. The van der Waals surface area contributed by atoms with Gasteiger partial charge in [-0.2, -0.15) is 13.2 Å². The monoisotopic (exact) mass is 705 g/mol. The number of carbonyl (C=O) groups is 1. The second-order valence-electron chi connectivity index (χ2n) is 12.8. The van der Waals surface area contributed by atoms with E-state index in [1.807, 2.05) is 0 Å². The van der Waals surface area contributed by atoms with Crippen LogP contribution in [-0.4, -0.2) is 87.2 Å². The van der Waals surface area contributed by atoms with Crippen molar-refractivity contribution >= 4 is 34.2 Å². The van der Waals surface area contributed by atoms with Crippen molar-refractivity contribution in [2.75, 3.05) is 26.9 Å². The smallest absolute Gasteiger partial charge is 0.424 e. The first-order valence-corrected chi connectivity index (χ1v) is 16.3. The molecule has 1 amide bonds. The van der Waals surface area contributed by atoms with Gasteiger partial charge in [-0.15, -0.1) is 0 Å². The van der Waals surface area contributed by atoms with Gasteiger partial charge in [-0.3, -0.25) is 9.79 Å². The average molecular weight is 706 g/mol. The quantitative estimate of drug-likeness (QED) is 0.142. The number of rotatable bonds is 12. The standard InChI is InChI=1S/C32H43ClF3N3O7S/c1-18(13-24(44-8)20(3)45-15-19(2)40)28(41)37-16-31(42,32(34,35)36)25-14-23-27(26(38-25)21-9-11-22(33)12-10-21)46-17-30(23,7)39-47(43)29(4,5)6/h9-14,19,26-27,39-40,42H,15-17H2,1-8H3,(H,37,41). The topological polar surface area (TPSA) is 139 Å². The maximum Gasteiger partial charge on any atom is 0.424 e. The Balaban J connectivity index is 2.04. The molecular formula is C32H43ClF3N3O7S. The van der Waals surface area contributed by atoms with Crippen molar-refractivity contribution in [3.63, 3.8) is 0 Å². The number of alkyl halides is 3. The first-order chi connectivity index (χ1) is 21.6. The highest BCUT2D eigenvalue weighted by molar-refractivity contribution is 7.84. The molecule has 262 valence electrons. The molecule has 1 aromatic carbocycles. The van der Waals surface area contributed by atoms with Crippen LogP contribution in [0.3, 0.4) is 0 Å². The van der Waals surface area contributed by atoms with Crippen molar-refractivity contribution in [1.82, 2.24) is 10.0 Å². The number of nitrogens with one attached hydrogen (secondary N) is 2. The normalized spacial score (nSPS) is 25.0. The fourth-order valence-electron chi connectivity index (χ4n) is 4.80. The van der Waals surface area contributed by atoms with Crippen LogP contribution < -0.4 is 10.0 Å². The van der Waals surface area contributed by atoms with E-state index in [1.165, 1.54) is 34.0 Å². The van der Waals surface area contributed by atoms with Crippen LogP contribution in [-0.2, 0) is 30.0 Å². The summed E-state index contributed by atoms with van der Waals surface area (Å²) in [4.78, 5) is 17.4. The van der Waals surface area contributed by atoms with Crippen LogP contribution in [0.5, 0.6) is 0 Å². The number of amides is 1. The number of dihydropyridines is 1. The van der Waals surface area contributed by atoms with E-state index in [4.69, 9.17) is 25.8 Å². The number of hydrogen-bond donors (Lipinski definition) is 4. The van der Waals surface area contributed by atoms with Gasteiger partial charge >= 0.3 is 6.18 Å². The molecular weight excluding hydrogens is 663 g/mol. The lowest BCUT2D eigenvalue weighted by Gasteiger charge is -2.37. The van der Waals surface area contributed by atoms with Crippen LogP contribution >= 0.6 is 11.6 Å². The average Bonchev–Trinajstić information content (AvgIpc) is 3.31. The molecule has 0 aromatic heterocycles. The van der Waals surface area contributed by atoms with E-state index in [0.717, 1.165) is 6.08 Å². The lowest BCUT2D eigenvalue weighted by molar-refractivity contribution is -0.228. The number of aliphatic hydroxyl groups excluding tert-OH is 1. The Morgan fingerprint density at radius 2 is 1.87 bits per heavy atom. The Morgan fingerprint density at radius 1 is 1.26 bits per heavy atom. The van der Waals surface area contributed by atoms with Crippen LogP contribution in [0.2, 0.25) is 5.02 Å². The summed E-state index contributed by atoms with van der Waals surface area (Å²) in [5.74, 6) is -0.567. The molecule has 6 unspecified atom stereocenters. The number of fused-ring (bicyclic) bond motifs is 1. The summed E-state index contributed by atoms with van der Waals surface area (Å²) in [5.41, 5.74) is -4.82.